The standard InChI is InChI=1S/C16H23FN2O.ClH/c1-16(2,18)11-19-9-3-4-13(10-19)15(20)12-5-7-14(17)8-6-12;/h5-8,13H,3-4,9-11,18H2,1-2H3;1H. The number of Topliss-reactive ketones (excluding diaryl/α,β-unsaturated/α-hetero) is 1. The molecule has 118 valence electrons. The second-order valence-corrected chi connectivity index (χ2v) is 6.43. The summed E-state index contributed by atoms with van der Waals surface area (Å²) in [5.41, 5.74) is 6.40. The fourth-order valence-corrected chi connectivity index (χ4v) is 2.84. The molecular formula is C16H24ClFN2O. The molecule has 1 aromatic carbocycles. The van der Waals surface area contributed by atoms with Crippen LogP contribution in [0.1, 0.15) is 37.0 Å². The van der Waals surface area contributed by atoms with Crippen LogP contribution in [0.4, 0.5) is 4.39 Å². The molecule has 1 fully saturated rings. The first kappa shape index (κ1) is 18.1. The van der Waals surface area contributed by atoms with Crippen molar-refractivity contribution < 1.29 is 9.18 Å². The SMILES string of the molecule is CC(C)(N)CN1CCCC(C(=O)c2ccc(F)cc2)C1.Cl. The second kappa shape index (κ2) is 7.34. The van der Waals surface area contributed by atoms with E-state index in [9.17, 15) is 9.18 Å². The lowest BCUT2D eigenvalue weighted by Gasteiger charge is -2.36. The largest absolute Gasteiger partial charge is 0.324 e. The maximum atomic E-state index is 12.9. The molecule has 0 aliphatic carbocycles. The van der Waals surface area contributed by atoms with E-state index in [0.29, 0.717) is 5.56 Å². The van der Waals surface area contributed by atoms with Gasteiger partial charge in [-0.15, -0.1) is 12.4 Å². The molecule has 21 heavy (non-hydrogen) atoms. The van der Waals surface area contributed by atoms with Crippen LogP contribution >= 0.6 is 12.4 Å². The summed E-state index contributed by atoms with van der Waals surface area (Å²) in [7, 11) is 0. The van der Waals surface area contributed by atoms with Gasteiger partial charge >= 0.3 is 0 Å². The quantitative estimate of drug-likeness (QED) is 0.869. The Balaban J connectivity index is 0.00000220. The summed E-state index contributed by atoms with van der Waals surface area (Å²) in [6.07, 6.45) is 1.91. The van der Waals surface area contributed by atoms with E-state index in [1.165, 1.54) is 12.1 Å². The normalized spacial score (nSPS) is 19.9. The van der Waals surface area contributed by atoms with Crippen LogP contribution < -0.4 is 5.73 Å². The fourth-order valence-electron chi connectivity index (χ4n) is 2.84. The van der Waals surface area contributed by atoms with Gasteiger partial charge < -0.3 is 10.6 Å². The minimum absolute atomic E-state index is 0. The van der Waals surface area contributed by atoms with Gasteiger partial charge in [0.25, 0.3) is 0 Å². The smallest absolute Gasteiger partial charge is 0.167 e. The van der Waals surface area contributed by atoms with Crippen LogP contribution in [0.15, 0.2) is 24.3 Å². The monoisotopic (exact) mass is 314 g/mol. The number of halogens is 2. The zero-order chi connectivity index (χ0) is 14.8. The van der Waals surface area contributed by atoms with E-state index in [0.717, 1.165) is 32.5 Å². The molecule has 0 saturated carbocycles. The summed E-state index contributed by atoms with van der Waals surface area (Å²) in [5, 5.41) is 0. The van der Waals surface area contributed by atoms with E-state index in [2.05, 4.69) is 4.90 Å². The summed E-state index contributed by atoms with van der Waals surface area (Å²) < 4.78 is 12.9. The first-order valence-electron chi connectivity index (χ1n) is 7.16. The summed E-state index contributed by atoms with van der Waals surface area (Å²) in [6, 6.07) is 5.83. The maximum absolute atomic E-state index is 12.9. The molecule has 0 bridgehead atoms. The van der Waals surface area contributed by atoms with Gasteiger partial charge in [-0.25, -0.2) is 4.39 Å². The predicted molar refractivity (Wildman–Crippen MR) is 85.4 cm³/mol. The number of piperidine rings is 1. The average molecular weight is 315 g/mol. The Hall–Kier alpha value is -0.970. The van der Waals surface area contributed by atoms with Gasteiger partial charge in [-0.05, 0) is 57.5 Å². The van der Waals surface area contributed by atoms with Gasteiger partial charge in [-0.1, -0.05) is 0 Å². The highest BCUT2D eigenvalue weighted by Crippen LogP contribution is 2.22. The molecule has 1 aliphatic rings. The Morgan fingerprint density at radius 2 is 2.00 bits per heavy atom. The number of ketones is 1. The molecule has 2 rings (SSSR count). The van der Waals surface area contributed by atoms with Crippen molar-refractivity contribution in [3.05, 3.63) is 35.6 Å². The van der Waals surface area contributed by atoms with Crippen LogP contribution in [0.25, 0.3) is 0 Å². The van der Waals surface area contributed by atoms with Gasteiger partial charge in [0.1, 0.15) is 5.82 Å². The molecule has 0 spiro atoms. The lowest BCUT2D eigenvalue weighted by molar-refractivity contribution is 0.0797. The molecule has 0 radical (unpaired) electrons. The summed E-state index contributed by atoms with van der Waals surface area (Å²) in [6.45, 7) is 6.53. The van der Waals surface area contributed by atoms with E-state index in [-0.39, 0.29) is 35.5 Å². The summed E-state index contributed by atoms with van der Waals surface area (Å²) in [4.78, 5) is 14.7. The number of nitrogens with zero attached hydrogens (tertiary/aromatic N) is 1. The van der Waals surface area contributed by atoms with Crippen LogP contribution in [0.3, 0.4) is 0 Å². The topological polar surface area (TPSA) is 46.3 Å². The maximum Gasteiger partial charge on any atom is 0.167 e. The second-order valence-electron chi connectivity index (χ2n) is 6.43. The van der Waals surface area contributed by atoms with Crippen LogP contribution in [0, 0.1) is 11.7 Å². The van der Waals surface area contributed by atoms with Gasteiger partial charge in [0.05, 0.1) is 0 Å². The van der Waals surface area contributed by atoms with E-state index >= 15 is 0 Å². The van der Waals surface area contributed by atoms with Gasteiger partial charge in [0, 0.05) is 30.1 Å². The third-order valence-electron chi connectivity index (χ3n) is 3.64. The number of hydrogen-bond acceptors (Lipinski definition) is 3. The zero-order valence-electron chi connectivity index (χ0n) is 12.6. The molecule has 0 aromatic heterocycles. The van der Waals surface area contributed by atoms with Crippen LogP contribution in [0.5, 0.6) is 0 Å². The molecule has 1 aliphatic heterocycles. The van der Waals surface area contributed by atoms with Crippen LogP contribution in [-0.2, 0) is 0 Å². The van der Waals surface area contributed by atoms with Crippen molar-refractivity contribution >= 4 is 18.2 Å². The Morgan fingerprint density at radius 3 is 2.57 bits per heavy atom. The van der Waals surface area contributed by atoms with Gasteiger partial charge in [0.2, 0.25) is 0 Å². The molecule has 1 aromatic rings. The third-order valence-corrected chi connectivity index (χ3v) is 3.64. The predicted octanol–water partition coefficient (Wildman–Crippen LogP) is 2.88. The number of benzene rings is 1. The van der Waals surface area contributed by atoms with Crippen molar-refractivity contribution in [3.63, 3.8) is 0 Å². The fraction of sp³-hybridized carbons (Fsp3) is 0.562. The first-order valence-corrected chi connectivity index (χ1v) is 7.16. The van der Waals surface area contributed by atoms with Gasteiger partial charge in [-0.3, -0.25) is 4.79 Å². The summed E-state index contributed by atoms with van der Waals surface area (Å²) in [5.74, 6) is -0.196. The number of carbonyl (C=O) groups is 1. The minimum atomic E-state index is -0.309. The van der Waals surface area contributed by atoms with Crippen molar-refractivity contribution in [2.45, 2.75) is 32.2 Å². The van der Waals surface area contributed by atoms with Crippen molar-refractivity contribution in [2.75, 3.05) is 19.6 Å². The summed E-state index contributed by atoms with van der Waals surface area (Å²) >= 11 is 0. The van der Waals surface area contributed by atoms with Gasteiger partial charge in [-0.2, -0.15) is 0 Å². The van der Waals surface area contributed by atoms with E-state index in [4.69, 9.17) is 5.73 Å². The van der Waals surface area contributed by atoms with Crippen molar-refractivity contribution in [1.82, 2.24) is 4.90 Å². The molecule has 2 N–H and O–H groups in total. The highest BCUT2D eigenvalue weighted by Gasteiger charge is 2.28. The highest BCUT2D eigenvalue weighted by atomic mass is 35.5. The van der Waals surface area contributed by atoms with Gasteiger partial charge in [0.15, 0.2) is 5.78 Å². The highest BCUT2D eigenvalue weighted by molar-refractivity contribution is 5.98. The van der Waals surface area contributed by atoms with Crippen molar-refractivity contribution in [2.24, 2.45) is 11.7 Å². The Labute approximate surface area is 132 Å². The molecule has 1 atom stereocenters. The molecular weight excluding hydrogens is 291 g/mol. The molecule has 1 heterocycles. The number of nitrogens with two attached hydrogens (primary N) is 1. The Kier molecular flexibility index (Phi) is 6.32. The molecule has 1 saturated heterocycles. The number of hydrogen-bond donors (Lipinski definition) is 1. The lowest BCUT2D eigenvalue weighted by Crippen LogP contribution is -2.49. The molecule has 3 nitrogen and oxygen atoms in total. The Morgan fingerprint density at radius 1 is 1.38 bits per heavy atom. The first-order chi connectivity index (χ1) is 9.35. The molecule has 0 amide bonds. The van der Waals surface area contributed by atoms with Crippen molar-refractivity contribution in [3.8, 4) is 0 Å². The molecule has 5 heteroatoms. The van der Waals surface area contributed by atoms with E-state index in [1.807, 2.05) is 13.8 Å². The minimum Gasteiger partial charge on any atom is -0.324 e. The number of carbonyl (C=O) groups excluding carboxylic acids is 1. The number of rotatable bonds is 4. The van der Waals surface area contributed by atoms with E-state index < -0.39 is 0 Å². The van der Waals surface area contributed by atoms with Crippen LogP contribution in [0.2, 0.25) is 0 Å². The van der Waals surface area contributed by atoms with Crippen molar-refractivity contribution in [1.29, 1.82) is 0 Å². The number of likely N-dealkylation sites (tertiary alicyclic amines) is 1. The van der Waals surface area contributed by atoms with Crippen LogP contribution in [-0.4, -0.2) is 35.9 Å². The average Bonchev–Trinajstić information content (AvgIpc) is 2.37. The van der Waals surface area contributed by atoms with E-state index in [1.54, 1.807) is 12.1 Å². The third kappa shape index (κ3) is 5.38. The molecule has 1 unspecified atom stereocenters. The lowest BCUT2D eigenvalue weighted by atomic mass is 9.89. The zero-order valence-corrected chi connectivity index (χ0v) is 13.5. The Bertz CT molecular complexity index is 470.